The SMILES string of the molecule is CCCCCCCCCCCCCCCCCCCCCCC(O)C(CO)NC(=O)CCCCCCCCCCCCCCCCCCCCCCCCCCCCCCCCOC(=O)CCCCCCCCCCCCCCCCCCCCC. The van der Waals surface area contributed by atoms with Gasteiger partial charge in [-0.05, 0) is 25.7 Å². The third-order valence-electron chi connectivity index (χ3n) is 19.4. The highest BCUT2D eigenvalue weighted by Gasteiger charge is 2.20. The number of amides is 1. The Morgan fingerprint density at radius 1 is 0.279 bits per heavy atom. The number of unbranched alkanes of at least 4 members (excludes halogenated alkanes) is 66. The third kappa shape index (κ3) is 71.9. The largest absolute Gasteiger partial charge is 0.466 e. The molecule has 2 atom stereocenters. The van der Waals surface area contributed by atoms with E-state index in [2.05, 4.69) is 19.2 Å². The van der Waals surface area contributed by atoms with Crippen LogP contribution in [0.5, 0.6) is 0 Å². The second kappa shape index (κ2) is 76.3. The van der Waals surface area contributed by atoms with Gasteiger partial charge in [0.15, 0.2) is 0 Å². The molecule has 0 bridgehead atoms. The number of carbonyl (C=O) groups excluding carboxylic acids is 2. The Bertz CT molecular complexity index is 1260. The normalized spacial score (nSPS) is 12.4. The van der Waals surface area contributed by atoms with Crippen LogP contribution < -0.4 is 5.32 Å². The van der Waals surface area contributed by atoms with Gasteiger partial charge in [0.05, 0.1) is 25.4 Å². The van der Waals surface area contributed by atoms with Crippen molar-refractivity contribution in [2.45, 2.75) is 488 Å². The lowest BCUT2D eigenvalue weighted by Crippen LogP contribution is -2.45. The molecule has 86 heavy (non-hydrogen) atoms. The van der Waals surface area contributed by atoms with E-state index in [0.29, 0.717) is 25.9 Å². The first-order valence-electron chi connectivity index (χ1n) is 40.3. The minimum Gasteiger partial charge on any atom is -0.466 e. The van der Waals surface area contributed by atoms with Gasteiger partial charge in [-0.25, -0.2) is 0 Å². The van der Waals surface area contributed by atoms with E-state index in [1.54, 1.807) is 0 Å². The van der Waals surface area contributed by atoms with Crippen LogP contribution in [0.25, 0.3) is 0 Å². The summed E-state index contributed by atoms with van der Waals surface area (Å²) in [4.78, 5) is 24.7. The Morgan fingerprint density at radius 2 is 0.477 bits per heavy atom. The van der Waals surface area contributed by atoms with E-state index in [-0.39, 0.29) is 18.5 Å². The summed E-state index contributed by atoms with van der Waals surface area (Å²) in [5.41, 5.74) is 0. The van der Waals surface area contributed by atoms with Gasteiger partial charge >= 0.3 is 5.97 Å². The molecule has 514 valence electrons. The maximum Gasteiger partial charge on any atom is 0.305 e. The van der Waals surface area contributed by atoms with Crippen LogP contribution in [0.1, 0.15) is 476 Å². The number of hydrogen-bond acceptors (Lipinski definition) is 5. The topological polar surface area (TPSA) is 95.9 Å². The van der Waals surface area contributed by atoms with Crippen molar-refractivity contribution in [3.63, 3.8) is 0 Å². The Morgan fingerprint density at radius 3 is 0.709 bits per heavy atom. The van der Waals surface area contributed by atoms with Crippen molar-refractivity contribution in [3.05, 3.63) is 0 Å². The number of aliphatic hydroxyl groups is 2. The summed E-state index contributed by atoms with van der Waals surface area (Å²) in [6, 6.07) is -0.538. The summed E-state index contributed by atoms with van der Waals surface area (Å²) < 4.78 is 5.52. The van der Waals surface area contributed by atoms with Gasteiger partial charge in [-0.15, -0.1) is 0 Å². The molecular weight excluding hydrogens is 1050 g/mol. The number of rotatable bonds is 77. The van der Waals surface area contributed by atoms with Crippen LogP contribution in [0.2, 0.25) is 0 Å². The number of esters is 1. The van der Waals surface area contributed by atoms with Crippen molar-refractivity contribution in [1.82, 2.24) is 5.32 Å². The van der Waals surface area contributed by atoms with E-state index >= 15 is 0 Å². The lowest BCUT2D eigenvalue weighted by atomic mass is 10.0. The molecule has 0 radical (unpaired) electrons. The zero-order valence-corrected chi connectivity index (χ0v) is 59.1. The summed E-state index contributed by atoms with van der Waals surface area (Å²) in [6.07, 6.45) is 94.8. The van der Waals surface area contributed by atoms with Crippen molar-refractivity contribution in [3.8, 4) is 0 Å². The highest BCUT2D eigenvalue weighted by atomic mass is 16.5. The molecule has 0 aromatic carbocycles. The molecule has 6 heteroatoms. The number of ether oxygens (including phenoxy) is 1. The van der Waals surface area contributed by atoms with E-state index in [1.807, 2.05) is 0 Å². The van der Waals surface area contributed by atoms with Crippen LogP contribution in [0.3, 0.4) is 0 Å². The average Bonchev–Trinajstić information content (AvgIpc) is 3.54. The Kier molecular flexibility index (Phi) is 75.3. The number of aliphatic hydroxyl groups excluding tert-OH is 2. The molecule has 0 aromatic heterocycles. The molecule has 0 aromatic rings. The first-order chi connectivity index (χ1) is 42.5. The van der Waals surface area contributed by atoms with Gasteiger partial charge in [0.1, 0.15) is 0 Å². The zero-order chi connectivity index (χ0) is 62.0. The molecule has 0 fully saturated rings. The van der Waals surface area contributed by atoms with Crippen molar-refractivity contribution in [2.75, 3.05) is 13.2 Å². The fraction of sp³-hybridized carbons (Fsp3) is 0.975. The summed E-state index contributed by atoms with van der Waals surface area (Å²) in [5.74, 6) is 0.00149. The first kappa shape index (κ1) is 84.9. The fourth-order valence-electron chi connectivity index (χ4n) is 13.3. The minimum absolute atomic E-state index is 0.0251. The summed E-state index contributed by atoms with van der Waals surface area (Å²) >= 11 is 0. The third-order valence-corrected chi connectivity index (χ3v) is 19.4. The predicted octanol–water partition coefficient (Wildman–Crippen LogP) is 26.5. The Hall–Kier alpha value is -1.14. The maximum atomic E-state index is 12.6. The predicted molar refractivity (Wildman–Crippen MR) is 380 cm³/mol. The molecule has 0 saturated heterocycles. The van der Waals surface area contributed by atoms with E-state index in [4.69, 9.17) is 4.74 Å². The van der Waals surface area contributed by atoms with Gasteiger partial charge in [0, 0.05) is 12.8 Å². The van der Waals surface area contributed by atoms with Gasteiger partial charge in [0.2, 0.25) is 5.91 Å². The smallest absolute Gasteiger partial charge is 0.305 e. The molecule has 0 heterocycles. The van der Waals surface area contributed by atoms with Crippen LogP contribution in [0, 0.1) is 0 Å². The van der Waals surface area contributed by atoms with Crippen molar-refractivity contribution >= 4 is 11.9 Å². The highest BCUT2D eigenvalue weighted by Crippen LogP contribution is 2.21. The molecule has 2 unspecified atom stereocenters. The van der Waals surface area contributed by atoms with Crippen LogP contribution in [0.15, 0.2) is 0 Å². The minimum atomic E-state index is -0.662. The lowest BCUT2D eigenvalue weighted by molar-refractivity contribution is -0.143. The van der Waals surface area contributed by atoms with Crippen LogP contribution in [-0.4, -0.2) is 47.4 Å². The Labute approximate surface area is 540 Å². The van der Waals surface area contributed by atoms with Crippen LogP contribution in [-0.2, 0) is 14.3 Å². The number of hydrogen-bond donors (Lipinski definition) is 3. The van der Waals surface area contributed by atoms with Crippen molar-refractivity contribution in [1.29, 1.82) is 0 Å². The second-order valence-corrected chi connectivity index (χ2v) is 28.1. The highest BCUT2D eigenvalue weighted by molar-refractivity contribution is 5.76. The summed E-state index contributed by atoms with van der Waals surface area (Å²) in [6.45, 7) is 5.02. The maximum absolute atomic E-state index is 12.6. The molecule has 0 aliphatic carbocycles. The van der Waals surface area contributed by atoms with Gasteiger partial charge in [-0.1, -0.05) is 438 Å². The van der Waals surface area contributed by atoms with Crippen molar-refractivity contribution < 1.29 is 24.5 Å². The zero-order valence-electron chi connectivity index (χ0n) is 59.1. The molecule has 6 nitrogen and oxygen atoms in total. The average molecular weight is 1220 g/mol. The number of carbonyl (C=O) groups is 2. The molecular formula is C80H159NO5. The first-order valence-corrected chi connectivity index (χ1v) is 40.3. The molecule has 0 rings (SSSR count). The summed E-state index contributed by atoms with van der Waals surface area (Å²) in [7, 11) is 0. The standard InChI is InChI=1S/C80H159NO5/c1-3-5-7-9-11-13-15-17-19-21-23-37-40-44-48-52-56-60-64-68-72-78(83)77(76-82)81-79(84)73-69-65-61-57-53-49-45-41-38-34-32-30-28-26-24-25-27-29-31-33-35-39-43-47-51-55-59-63-67-71-75-86-80(85)74-70-66-62-58-54-50-46-42-36-22-20-18-16-14-12-10-8-6-4-2/h77-78,82-83H,3-76H2,1-2H3,(H,81,84). The molecule has 0 saturated carbocycles. The molecule has 0 spiro atoms. The summed E-state index contributed by atoms with van der Waals surface area (Å²) in [5, 5.41) is 23.4. The van der Waals surface area contributed by atoms with Gasteiger partial charge in [0.25, 0.3) is 0 Å². The monoisotopic (exact) mass is 1210 g/mol. The van der Waals surface area contributed by atoms with Gasteiger partial charge in [-0.3, -0.25) is 9.59 Å². The molecule has 0 aliphatic rings. The van der Waals surface area contributed by atoms with E-state index < -0.39 is 12.1 Å². The number of nitrogens with one attached hydrogen (secondary N) is 1. The van der Waals surface area contributed by atoms with Crippen molar-refractivity contribution in [2.24, 2.45) is 0 Å². The van der Waals surface area contributed by atoms with E-state index in [9.17, 15) is 19.8 Å². The van der Waals surface area contributed by atoms with Gasteiger partial charge < -0.3 is 20.3 Å². The second-order valence-electron chi connectivity index (χ2n) is 28.1. The fourth-order valence-corrected chi connectivity index (χ4v) is 13.3. The Balaban J connectivity index is 3.31. The van der Waals surface area contributed by atoms with E-state index in [0.717, 1.165) is 38.5 Å². The van der Waals surface area contributed by atoms with Crippen LogP contribution in [0.4, 0.5) is 0 Å². The van der Waals surface area contributed by atoms with Gasteiger partial charge in [-0.2, -0.15) is 0 Å². The molecule has 0 aliphatic heterocycles. The van der Waals surface area contributed by atoms with Crippen LogP contribution >= 0.6 is 0 Å². The molecule has 1 amide bonds. The quantitative estimate of drug-likeness (QED) is 0.0417. The molecule has 3 N–H and O–H groups in total. The lowest BCUT2D eigenvalue weighted by Gasteiger charge is -2.22. The van der Waals surface area contributed by atoms with E-state index in [1.165, 1.54) is 405 Å².